The summed E-state index contributed by atoms with van der Waals surface area (Å²) in [4.78, 5) is 59.3. The van der Waals surface area contributed by atoms with Crippen LogP contribution < -0.4 is 21.7 Å². The Balaban J connectivity index is 3.08. The molecule has 0 aliphatic carbocycles. The fraction of sp³-hybridized carbons (Fsp3) is 0.421. The Kier molecular flexibility index (Phi) is 10.1. The van der Waals surface area contributed by atoms with E-state index in [1.54, 1.807) is 0 Å². The Morgan fingerprint density at radius 1 is 0.906 bits per heavy atom. The normalized spacial score (nSPS) is 14.3. The second-order valence-electron chi connectivity index (χ2n) is 6.95. The average molecular weight is 454 g/mol. The van der Waals surface area contributed by atoms with E-state index in [9.17, 15) is 29.1 Å². The van der Waals surface area contributed by atoms with Gasteiger partial charge in [-0.3, -0.25) is 24.0 Å². The molecule has 13 heteroatoms. The summed E-state index contributed by atoms with van der Waals surface area (Å²) in [5.41, 5.74) is 5.85. The lowest BCUT2D eigenvalue weighted by molar-refractivity contribution is -0.143. The third-order valence-electron chi connectivity index (χ3n) is 4.28. The number of amides is 3. The monoisotopic (exact) mass is 454 g/mol. The number of rotatable bonds is 12. The number of carboxylic acid groups (broad SMARTS) is 2. The van der Waals surface area contributed by atoms with Crippen molar-refractivity contribution in [3.05, 3.63) is 29.8 Å². The van der Waals surface area contributed by atoms with Crippen molar-refractivity contribution in [3.8, 4) is 5.75 Å². The Hall–Kier alpha value is -3.71. The topological polar surface area (TPSA) is 228 Å². The van der Waals surface area contributed by atoms with Crippen molar-refractivity contribution in [2.75, 3.05) is 6.61 Å². The van der Waals surface area contributed by atoms with Crippen LogP contribution in [0, 0.1) is 0 Å². The summed E-state index contributed by atoms with van der Waals surface area (Å²) in [6.07, 6.45) is -0.969. The van der Waals surface area contributed by atoms with Gasteiger partial charge in [-0.1, -0.05) is 12.1 Å². The third-order valence-corrected chi connectivity index (χ3v) is 4.28. The summed E-state index contributed by atoms with van der Waals surface area (Å²) in [7, 11) is 0. The highest BCUT2D eigenvalue weighted by atomic mass is 16.4. The Bertz CT molecular complexity index is 844. The molecule has 0 aromatic heterocycles. The maximum atomic E-state index is 12.7. The average Bonchev–Trinajstić information content (AvgIpc) is 2.72. The quantitative estimate of drug-likeness (QED) is 0.163. The van der Waals surface area contributed by atoms with Crippen molar-refractivity contribution in [1.82, 2.24) is 16.0 Å². The molecule has 0 saturated carbocycles. The number of aromatic hydroxyl groups is 1. The summed E-state index contributed by atoms with van der Waals surface area (Å²) in [6, 6.07) is -0.00683. The molecule has 1 aromatic carbocycles. The molecule has 0 aliphatic heterocycles. The molecule has 0 fully saturated rings. The number of aliphatic hydroxyl groups excluding tert-OH is 1. The van der Waals surface area contributed by atoms with Gasteiger partial charge >= 0.3 is 11.9 Å². The van der Waals surface area contributed by atoms with Crippen LogP contribution in [0.1, 0.15) is 18.9 Å². The number of carboxylic acids is 2. The van der Waals surface area contributed by atoms with E-state index in [4.69, 9.17) is 21.1 Å². The first kappa shape index (κ1) is 26.3. The standard InChI is InChI=1S/C19H26N4O9/c1-9(19(31)32)21-17(29)13(6-10-2-4-11(25)5-3-10)23-18(30)14(7-15(26)27)22-16(28)12(20)8-24/h2-5,9,12-14,24-25H,6-8,20H2,1H3,(H,21,29)(H,22,28)(H,23,30)(H,26,27)(H,31,32). The van der Waals surface area contributed by atoms with Crippen molar-refractivity contribution in [2.24, 2.45) is 5.73 Å². The number of carbonyl (C=O) groups excluding carboxylic acids is 3. The van der Waals surface area contributed by atoms with Gasteiger partial charge in [0.1, 0.15) is 29.9 Å². The van der Waals surface area contributed by atoms with E-state index in [1.807, 2.05) is 0 Å². The number of nitrogens with two attached hydrogens (primary N) is 1. The van der Waals surface area contributed by atoms with E-state index in [0.29, 0.717) is 5.56 Å². The molecule has 4 unspecified atom stereocenters. The minimum atomic E-state index is -1.62. The van der Waals surface area contributed by atoms with Crippen molar-refractivity contribution in [2.45, 2.75) is 43.9 Å². The molecule has 1 rings (SSSR count). The lowest BCUT2D eigenvalue weighted by Crippen LogP contribution is -2.58. The SMILES string of the molecule is CC(NC(=O)C(Cc1ccc(O)cc1)NC(=O)C(CC(=O)O)NC(=O)C(N)CO)C(=O)O. The summed E-state index contributed by atoms with van der Waals surface area (Å²) >= 11 is 0. The number of phenolic OH excluding ortho intramolecular Hbond substituents is 1. The lowest BCUT2D eigenvalue weighted by Gasteiger charge is -2.24. The van der Waals surface area contributed by atoms with Crippen LogP contribution in [0.25, 0.3) is 0 Å². The van der Waals surface area contributed by atoms with Gasteiger partial charge in [-0.2, -0.15) is 0 Å². The maximum Gasteiger partial charge on any atom is 0.325 e. The highest BCUT2D eigenvalue weighted by Gasteiger charge is 2.30. The third kappa shape index (κ3) is 8.57. The molecule has 3 amide bonds. The van der Waals surface area contributed by atoms with Gasteiger partial charge in [-0.05, 0) is 24.6 Å². The van der Waals surface area contributed by atoms with Crippen LogP contribution in [0.4, 0.5) is 0 Å². The fourth-order valence-corrected chi connectivity index (χ4v) is 2.47. The first-order chi connectivity index (χ1) is 14.9. The zero-order valence-corrected chi connectivity index (χ0v) is 17.1. The second kappa shape index (κ2) is 12.2. The first-order valence-electron chi connectivity index (χ1n) is 9.44. The Morgan fingerprint density at radius 3 is 1.94 bits per heavy atom. The number of nitrogens with one attached hydrogen (secondary N) is 3. The molecule has 0 heterocycles. The maximum absolute atomic E-state index is 12.7. The molecular weight excluding hydrogens is 428 g/mol. The summed E-state index contributed by atoms with van der Waals surface area (Å²) in [5, 5.41) is 43.0. The van der Waals surface area contributed by atoms with Gasteiger partial charge in [0.2, 0.25) is 17.7 Å². The molecule has 32 heavy (non-hydrogen) atoms. The van der Waals surface area contributed by atoms with Gasteiger partial charge in [0.05, 0.1) is 13.0 Å². The van der Waals surface area contributed by atoms with Crippen LogP contribution in [0.5, 0.6) is 5.75 Å². The van der Waals surface area contributed by atoms with Gasteiger partial charge in [-0.25, -0.2) is 0 Å². The van der Waals surface area contributed by atoms with Crippen LogP contribution in [0.3, 0.4) is 0 Å². The minimum absolute atomic E-state index is 0.0391. The molecule has 176 valence electrons. The number of benzene rings is 1. The molecule has 13 nitrogen and oxygen atoms in total. The van der Waals surface area contributed by atoms with Crippen LogP contribution in [-0.4, -0.2) is 80.9 Å². The highest BCUT2D eigenvalue weighted by Crippen LogP contribution is 2.12. The van der Waals surface area contributed by atoms with E-state index < -0.39 is 66.9 Å². The lowest BCUT2D eigenvalue weighted by atomic mass is 10.0. The number of carbonyl (C=O) groups is 5. The van der Waals surface area contributed by atoms with Crippen molar-refractivity contribution in [3.63, 3.8) is 0 Å². The number of aliphatic carboxylic acids is 2. The predicted octanol–water partition coefficient (Wildman–Crippen LogP) is -2.71. The van der Waals surface area contributed by atoms with E-state index in [-0.39, 0.29) is 12.2 Å². The minimum Gasteiger partial charge on any atom is -0.508 e. The predicted molar refractivity (Wildman–Crippen MR) is 108 cm³/mol. The summed E-state index contributed by atoms with van der Waals surface area (Å²) in [5.74, 6) is -5.67. The molecule has 0 spiro atoms. The summed E-state index contributed by atoms with van der Waals surface area (Å²) in [6.45, 7) is 0.468. The number of phenols is 1. The van der Waals surface area contributed by atoms with Gasteiger partial charge < -0.3 is 42.1 Å². The van der Waals surface area contributed by atoms with Crippen LogP contribution >= 0.6 is 0 Å². The largest absolute Gasteiger partial charge is 0.508 e. The molecule has 0 bridgehead atoms. The highest BCUT2D eigenvalue weighted by molar-refractivity contribution is 5.95. The molecule has 1 aromatic rings. The molecule has 4 atom stereocenters. The molecule has 0 radical (unpaired) electrons. The first-order valence-corrected chi connectivity index (χ1v) is 9.44. The van der Waals surface area contributed by atoms with Gasteiger partial charge in [0.15, 0.2) is 0 Å². The number of hydrogen-bond acceptors (Lipinski definition) is 8. The fourth-order valence-electron chi connectivity index (χ4n) is 2.47. The Morgan fingerprint density at radius 2 is 1.44 bits per heavy atom. The van der Waals surface area contributed by atoms with Crippen molar-refractivity contribution >= 4 is 29.7 Å². The van der Waals surface area contributed by atoms with Crippen LogP contribution in [-0.2, 0) is 30.4 Å². The number of hydrogen-bond donors (Lipinski definition) is 8. The van der Waals surface area contributed by atoms with E-state index in [1.165, 1.54) is 31.2 Å². The van der Waals surface area contributed by atoms with E-state index in [2.05, 4.69) is 16.0 Å². The molecule has 0 saturated heterocycles. The number of aliphatic hydroxyl groups is 1. The smallest absolute Gasteiger partial charge is 0.325 e. The van der Waals surface area contributed by atoms with Gasteiger partial charge in [0, 0.05) is 6.42 Å². The van der Waals surface area contributed by atoms with Gasteiger partial charge in [0.25, 0.3) is 0 Å². The van der Waals surface area contributed by atoms with Crippen LogP contribution in [0.15, 0.2) is 24.3 Å². The Labute approximate surface area is 182 Å². The summed E-state index contributed by atoms with van der Waals surface area (Å²) < 4.78 is 0. The zero-order valence-electron chi connectivity index (χ0n) is 17.1. The molecule has 0 aliphatic rings. The van der Waals surface area contributed by atoms with E-state index in [0.717, 1.165) is 0 Å². The zero-order chi connectivity index (χ0) is 24.4. The van der Waals surface area contributed by atoms with Crippen LogP contribution in [0.2, 0.25) is 0 Å². The van der Waals surface area contributed by atoms with E-state index >= 15 is 0 Å². The van der Waals surface area contributed by atoms with Crippen molar-refractivity contribution < 1.29 is 44.4 Å². The molecular formula is C19H26N4O9. The van der Waals surface area contributed by atoms with Crippen molar-refractivity contribution in [1.29, 1.82) is 0 Å². The van der Waals surface area contributed by atoms with Gasteiger partial charge in [-0.15, -0.1) is 0 Å². The second-order valence-corrected chi connectivity index (χ2v) is 6.95. The molecule has 9 N–H and O–H groups in total.